The molecule has 1 aromatic heterocycles. The molecular formula is C14H15FN4O2. The van der Waals surface area contributed by atoms with Crippen molar-refractivity contribution in [2.45, 2.75) is 13.8 Å². The Morgan fingerprint density at radius 1 is 1.14 bits per heavy atom. The van der Waals surface area contributed by atoms with Crippen molar-refractivity contribution in [3.05, 3.63) is 52.6 Å². The van der Waals surface area contributed by atoms with Gasteiger partial charge in [-0.25, -0.2) is 4.39 Å². The molecule has 0 saturated carbocycles. The average molecular weight is 290 g/mol. The number of benzene rings is 1. The number of nitrogens with zero attached hydrogens (tertiary/aromatic N) is 2. The fourth-order valence-electron chi connectivity index (χ4n) is 1.99. The number of hydrogen-bond acceptors (Lipinski definition) is 3. The fraction of sp³-hybridized carbons (Fsp3) is 0.214. The molecule has 0 saturated heterocycles. The summed E-state index contributed by atoms with van der Waals surface area (Å²) in [7, 11) is 1.72. The SMILES string of the molecule is Cc1nn(C)c(C)c1C(=O)NNC(=O)c1ccccc1F. The lowest BCUT2D eigenvalue weighted by Gasteiger charge is -2.08. The van der Waals surface area contributed by atoms with E-state index in [4.69, 9.17) is 0 Å². The average Bonchev–Trinajstić information content (AvgIpc) is 2.70. The van der Waals surface area contributed by atoms with Crippen molar-refractivity contribution in [2.24, 2.45) is 7.05 Å². The molecule has 7 heteroatoms. The second-order valence-electron chi connectivity index (χ2n) is 4.56. The van der Waals surface area contributed by atoms with Gasteiger partial charge in [0.2, 0.25) is 0 Å². The summed E-state index contributed by atoms with van der Waals surface area (Å²) in [5, 5.41) is 4.11. The van der Waals surface area contributed by atoms with Gasteiger partial charge in [0.25, 0.3) is 11.8 Å². The van der Waals surface area contributed by atoms with Gasteiger partial charge >= 0.3 is 0 Å². The first-order chi connectivity index (χ1) is 9.91. The van der Waals surface area contributed by atoms with Crippen LogP contribution in [-0.2, 0) is 7.05 Å². The third kappa shape index (κ3) is 2.91. The van der Waals surface area contributed by atoms with E-state index in [0.29, 0.717) is 17.0 Å². The lowest BCUT2D eigenvalue weighted by Crippen LogP contribution is -2.42. The largest absolute Gasteiger partial charge is 0.273 e. The number of aromatic nitrogens is 2. The number of halogens is 1. The molecule has 0 spiro atoms. The number of amides is 2. The Balaban J connectivity index is 2.08. The highest BCUT2D eigenvalue weighted by atomic mass is 19.1. The van der Waals surface area contributed by atoms with Crippen LogP contribution in [0.15, 0.2) is 24.3 Å². The molecule has 21 heavy (non-hydrogen) atoms. The van der Waals surface area contributed by atoms with Gasteiger partial charge in [-0.15, -0.1) is 0 Å². The molecule has 6 nitrogen and oxygen atoms in total. The zero-order valence-corrected chi connectivity index (χ0v) is 11.9. The highest BCUT2D eigenvalue weighted by Gasteiger charge is 2.18. The standard InChI is InChI=1S/C14H15FN4O2/c1-8-12(9(2)19(3)18-8)14(21)17-16-13(20)10-6-4-5-7-11(10)15/h4-7H,1-3H3,(H,16,20)(H,17,21). The van der Waals surface area contributed by atoms with Gasteiger partial charge in [-0.3, -0.25) is 25.1 Å². The molecule has 0 fully saturated rings. The summed E-state index contributed by atoms with van der Waals surface area (Å²) >= 11 is 0. The first kappa shape index (κ1) is 14.7. The lowest BCUT2D eigenvalue weighted by molar-refractivity contribution is 0.0843. The van der Waals surface area contributed by atoms with Gasteiger partial charge in [0, 0.05) is 12.7 Å². The summed E-state index contributed by atoms with van der Waals surface area (Å²) in [5.41, 5.74) is 5.91. The van der Waals surface area contributed by atoms with Crippen LogP contribution in [0.4, 0.5) is 4.39 Å². The predicted octanol–water partition coefficient (Wildman–Crippen LogP) is 1.25. The quantitative estimate of drug-likeness (QED) is 0.817. The van der Waals surface area contributed by atoms with Crippen molar-refractivity contribution in [3.8, 4) is 0 Å². The van der Waals surface area contributed by atoms with Crippen molar-refractivity contribution in [2.75, 3.05) is 0 Å². The normalized spacial score (nSPS) is 10.3. The summed E-state index contributed by atoms with van der Waals surface area (Å²) in [6, 6.07) is 5.52. The Kier molecular flexibility index (Phi) is 4.02. The van der Waals surface area contributed by atoms with Gasteiger partial charge in [0.05, 0.1) is 16.8 Å². The monoisotopic (exact) mass is 290 g/mol. The molecular weight excluding hydrogens is 275 g/mol. The zero-order chi connectivity index (χ0) is 15.6. The van der Waals surface area contributed by atoms with E-state index < -0.39 is 17.6 Å². The van der Waals surface area contributed by atoms with E-state index in [2.05, 4.69) is 16.0 Å². The lowest BCUT2D eigenvalue weighted by atomic mass is 10.2. The Hall–Kier alpha value is -2.70. The van der Waals surface area contributed by atoms with Crippen LogP contribution in [0.5, 0.6) is 0 Å². The minimum Gasteiger partial charge on any atom is -0.272 e. The van der Waals surface area contributed by atoms with Crippen LogP contribution in [0.2, 0.25) is 0 Å². The summed E-state index contributed by atoms with van der Waals surface area (Å²) in [6.45, 7) is 3.44. The van der Waals surface area contributed by atoms with Crippen molar-refractivity contribution in [3.63, 3.8) is 0 Å². The molecule has 0 unspecified atom stereocenters. The second kappa shape index (κ2) is 5.74. The van der Waals surface area contributed by atoms with Crippen molar-refractivity contribution < 1.29 is 14.0 Å². The summed E-state index contributed by atoms with van der Waals surface area (Å²) in [4.78, 5) is 23.8. The summed E-state index contributed by atoms with van der Waals surface area (Å²) in [5.74, 6) is -1.87. The summed E-state index contributed by atoms with van der Waals surface area (Å²) < 4.78 is 15.0. The summed E-state index contributed by atoms with van der Waals surface area (Å²) in [6.07, 6.45) is 0. The van der Waals surface area contributed by atoms with E-state index in [-0.39, 0.29) is 5.56 Å². The number of hydrazine groups is 1. The molecule has 0 aliphatic heterocycles. The van der Waals surface area contributed by atoms with Crippen LogP contribution in [0.3, 0.4) is 0 Å². The maximum absolute atomic E-state index is 13.4. The van der Waals surface area contributed by atoms with E-state index in [1.165, 1.54) is 24.3 Å². The molecule has 0 aliphatic carbocycles. The smallest absolute Gasteiger partial charge is 0.272 e. The van der Waals surface area contributed by atoms with Gasteiger partial charge in [0.15, 0.2) is 0 Å². The Morgan fingerprint density at radius 3 is 2.33 bits per heavy atom. The fourth-order valence-corrected chi connectivity index (χ4v) is 1.99. The molecule has 2 rings (SSSR count). The molecule has 1 heterocycles. The third-order valence-electron chi connectivity index (χ3n) is 3.14. The highest BCUT2D eigenvalue weighted by Crippen LogP contribution is 2.11. The van der Waals surface area contributed by atoms with Crippen LogP contribution >= 0.6 is 0 Å². The van der Waals surface area contributed by atoms with Gasteiger partial charge in [-0.2, -0.15) is 5.10 Å². The first-order valence-electron chi connectivity index (χ1n) is 6.27. The van der Waals surface area contributed by atoms with Crippen LogP contribution in [-0.4, -0.2) is 21.6 Å². The molecule has 0 aliphatic rings. The number of aryl methyl sites for hydroxylation is 2. The molecule has 0 atom stereocenters. The second-order valence-corrected chi connectivity index (χ2v) is 4.56. The zero-order valence-electron chi connectivity index (χ0n) is 11.9. The third-order valence-corrected chi connectivity index (χ3v) is 3.14. The van der Waals surface area contributed by atoms with Gasteiger partial charge in [-0.1, -0.05) is 12.1 Å². The van der Waals surface area contributed by atoms with E-state index >= 15 is 0 Å². The van der Waals surface area contributed by atoms with Crippen molar-refractivity contribution >= 4 is 11.8 Å². The van der Waals surface area contributed by atoms with Crippen LogP contribution < -0.4 is 10.9 Å². The molecule has 110 valence electrons. The maximum atomic E-state index is 13.4. The van der Waals surface area contributed by atoms with E-state index in [0.717, 1.165) is 0 Å². The number of carbonyl (C=O) groups excluding carboxylic acids is 2. The van der Waals surface area contributed by atoms with Gasteiger partial charge in [-0.05, 0) is 26.0 Å². The van der Waals surface area contributed by atoms with E-state index in [1.54, 1.807) is 25.6 Å². The van der Waals surface area contributed by atoms with E-state index in [1.807, 2.05) is 0 Å². The van der Waals surface area contributed by atoms with Gasteiger partial charge < -0.3 is 0 Å². The Morgan fingerprint density at radius 2 is 1.76 bits per heavy atom. The number of nitrogens with one attached hydrogen (secondary N) is 2. The van der Waals surface area contributed by atoms with Crippen LogP contribution in [0.25, 0.3) is 0 Å². The minimum absolute atomic E-state index is 0.141. The van der Waals surface area contributed by atoms with Crippen LogP contribution in [0.1, 0.15) is 32.1 Å². The molecule has 0 radical (unpaired) electrons. The van der Waals surface area contributed by atoms with Gasteiger partial charge in [0.1, 0.15) is 5.82 Å². The van der Waals surface area contributed by atoms with Crippen molar-refractivity contribution in [1.82, 2.24) is 20.6 Å². The molecule has 0 bridgehead atoms. The molecule has 2 N–H and O–H groups in total. The highest BCUT2D eigenvalue weighted by molar-refractivity contribution is 6.00. The van der Waals surface area contributed by atoms with Crippen LogP contribution in [0, 0.1) is 19.7 Å². The minimum atomic E-state index is -0.722. The maximum Gasteiger partial charge on any atom is 0.273 e. The number of hydrogen-bond donors (Lipinski definition) is 2. The van der Waals surface area contributed by atoms with E-state index in [9.17, 15) is 14.0 Å². The molecule has 2 aromatic rings. The first-order valence-corrected chi connectivity index (χ1v) is 6.27. The molecule has 2 amide bonds. The Bertz CT molecular complexity index is 709. The molecule has 1 aromatic carbocycles. The van der Waals surface area contributed by atoms with Crippen molar-refractivity contribution in [1.29, 1.82) is 0 Å². The Labute approximate surface area is 120 Å². The topological polar surface area (TPSA) is 76.0 Å². The predicted molar refractivity (Wildman–Crippen MR) is 74.0 cm³/mol. The number of rotatable bonds is 2. The number of carbonyl (C=O) groups is 2.